The zero-order valence-electron chi connectivity index (χ0n) is 14.9. The quantitative estimate of drug-likeness (QED) is 0.592. The minimum atomic E-state index is -0.648. The van der Waals surface area contributed by atoms with Gasteiger partial charge in [0.05, 0.1) is 13.7 Å². The third kappa shape index (κ3) is 6.32. The fraction of sp³-hybridized carbons (Fsp3) is 0.938. The summed E-state index contributed by atoms with van der Waals surface area (Å²) in [5, 5.41) is 3.34. The summed E-state index contributed by atoms with van der Waals surface area (Å²) in [7, 11) is 3.17. The van der Waals surface area contributed by atoms with E-state index in [0.717, 1.165) is 19.5 Å². The molecule has 0 spiro atoms. The highest BCUT2D eigenvalue weighted by atomic mass is 16.5. The number of carbonyl (C=O) groups excluding carboxylic acids is 1. The van der Waals surface area contributed by atoms with Crippen LogP contribution < -0.4 is 5.32 Å². The number of nitrogens with one attached hydrogen (secondary N) is 1. The maximum Gasteiger partial charge on any atom is 0.325 e. The van der Waals surface area contributed by atoms with Gasteiger partial charge in [-0.05, 0) is 46.7 Å². The molecule has 0 heterocycles. The number of hydrogen-bond acceptors (Lipinski definition) is 5. The van der Waals surface area contributed by atoms with E-state index in [4.69, 9.17) is 9.47 Å². The molecule has 0 rings (SSSR count). The first-order valence-electron chi connectivity index (χ1n) is 7.94. The Morgan fingerprint density at radius 3 is 2.29 bits per heavy atom. The highest BCUT2D eigenvalue weighted by molar-refractivity contribution is 5.80. The van der Waals surface area contributed by atoms with Gasteiger partial charge in [0.15, 0.2) is 0 Å². The molecule has 5 heteroatoms. The standard InChI is InChI=1S/C16H34N2O3/c1-8-10-17-16(5,15(19)21-7)11-13(3)18(9-2)14(4)12-20-6/h13-14,17H,8-12H2,1-7H3. The van der Waals surface area contributed by atoms with Gasteiger partial charge in [-0.15, -0.1) is 0 Å². The van der Waals surface area contributed by atoms with Crippen LogP contribution in [0.15, 0.2) is 0 Å². The summed E-state index contributed by atoms with van der Waals surface area (Å²) < 4.78 is 10.2. The molecule has 0 aromatic rings. The largest absolute Gasteiger partial charge is 0.468 e. The van der Waals surface area contributed by atoms with Crippen LogP contribution in [0.25, 0.3) is 0 Å². The lowest BCUT2D eigenvalue weighted by molar-refractivity contribution is -0.149. The first-order valence-corrected chi connectivity index (χ1v) is 7.94. The molecule has 0 fully saturated rings. The molecule has 1 N–H and O–H groups in total. The molecule has 3 unspecified atom stereocenters. The summed E-state index contributed by atoms with van der Waals surface area (Å²) in [4.78, 5) is 14.5. The van der Waals surface area contributed by atoms with Crippen molar-refractivity contribution in [3.05, 3.63) is 0 Å². The van der Waals surface area contributed by atoms with Gasteiger partial charge in [0, 0.05) is 19.2 Å². The number of ether oxygens (including phenoxy) is 2. The monoisotopic (exact) mass is 302 g/mol. The van der Waals surface area contributed by atoms with Gasteiger partial charge in [0.2, 0.25) is 0 Å². The van der Waals surface area contributed by atoms with Crippen LogP contribution >= 0.6 is 0 Å². The Morgan fingerprint density at radius 1 is 1.24 bits per heavy atom. The second-order valence-electron chi connectivity index (χ2n) is 5.94. The molecule has 0 aliphatic rings. The van der Waals surface area contributed by atoms with E-state index in [0.29, 0.717) is 19.1 Å². The van der Waals surface area contributed by atoms with Gasteiger partial charge in [-0.1, -0.05) is 13.8 Å². The lowest BCUT2D eigenvalue weighted by Gasteiger charge is -2.38. The second-order valence-corrected chi connectivity index (χ2v) is 5.94. The molecule has 0 saturated heterocycles. The van der Waals surface area contributed by atoms with Crippen LogP contribution in [-0.4, -0.2) is 62.4 Å². The summed E-state index contributed by atoms with van der Waals surface area (Å²) in [5.74, 6) is -0.196. The van der Waals surface area contributed by atoms with Gasteiger partial charge in [0.1, 0.15) is 5.54 Å². The molecule has 0 aromatic carbocycles. The van der Waals surface area contributed by atoms with Crippen molar-refractivity contribution >= 4 is 5.97 Å². The predicted molar refractivity (Wildman–Crippen MR) is 86.5 cm³/mol. The molecule has 5 nitrogen and oxygen atoms in total. The number of carbonyl (C=O) groups is 1. The van der Waals surface area contributed by atoms with Crippen LogP contribution in [0.1, 0.15) is 47.5 Å². The third-order valence-electron chi connectivity index (χ3n) is 4.01. The molecule has 0 radical (unpaired) electrons. The van der Waals surface area contributed by atoms with Crippen molar-refractivity contribution in [3.63, 3.8) is 0 Å². The fourth-order valence-electron chi connectivity index (χ4n) is 2.96. The number of methoxy groups -OCH3 is 2. The van der Waals surface area contributed by atoms with Crippen molar-refractivity contribution in [1.82, 2.24) is 10.2 Å². The van der Waals surface area contributed by atoms with E-state index in [1.54, 1.807) is 7.11 Å². The zero-order chi connectivity index (χ0) is 16.5. The second kappa shape index (κ2) is 10.1. The molecular weight excluding hydrogens is 268 g/mol. The molecule has 126 valence electrons. The van der Waals surface area contributed by atoms with Crippen molar-refractivity contribution in [2.75, 3.05) is 33.9 Å². The minimum Gasteiger partial charge on any atom is -0.468 e. The van der Waals surface area contributed by atoms with Crippen LogP contribution in [-0.2, 0) is 14.3 Å². The predicted octanol–water partition coefficient (Wildman–Crippen LogP) is 2.05. The van der Waals surface area contributed by atoms with Crippen molar-refractivity contribution < 1.29 is 14.3 Å². The number of nitrogens with zero attached hydrogens (tertiary/aromatic N) is 1. The Kier molecular flexibility index (Phi) is 9.83. The Balaban J connectivity index is 4.91. The van der Waals surface area contributed by atoms with Crippen LogP contribution in [0.5, 0.6) is 0 Å². The lowest BCUT2D eigenvalue weighted by Crippen LogP contribution is -2.55. The molecule has 0 amide bonds. The van der Waals surface area contributed by atoms with E-state index in [1.165, 1.54) is 7.11 Å². The van der Waals surface area contributed by atoms with Gasteiger partial charge >= 0.3 is 5.97 Å². The number of esters is 1. The molecular formula is C16H34N2O3. The first kappa shape index (κ1) is 20.3. The van der Waals surface area contributed by atoms with Crippen molar-refractivity contribution in [1.29, 1.82) is 0 Å². The van der Waals surface area contributed by atoms with E-state index >= 15 is 0 Å². The summed E-state index contributed by atoms with van der Waals surface area (Å²) in [5.41, 5.74) is -0.648. The van der Waals surface area contributed by atoms with Gasteiger partial charge in [-0.3, -0.25) is 9.69 Å². The maximum absolute atomic E-state index is 12.2. The third-order valence-corrected chi connectivity index (χ3v) is 4.01. The van der Waals surface area contributed by atoms with E-state index in [1.807, 2.05) is 6.92 Å². The highest BCUT2D eigenvalue weighted by Crippen LogP contribution is 2.20. The molecule has 0 saturated carbocycles. The van der Waals surface area contributed by atoms with E-state index in [-0.39, 0.29) is 12.0 Å². The lowest BCUT2D eigenvalue weighted by atomic mass is 9.92. The normalized spacial score (nSPS) is 17.3. The van der Waals surface area contributed by atoms with Crippen LogP contribution in [0.3, 0.4) is 0 Å². The van der Waals surface area contributed by atoms with Crippen LogP contribution in [0.4, 0.5) is 0 Å². The number of likely N-dealkylation sites (N-methyl/N-ethyl adjacent to an activating group) is 1. The molecule has 21 heavy (non-hydrogen) atoms. The van der Waals surface area contributed by atoms with E-state index in [2.05, 4.69) is 37.9 Å². The smallest absolute Gasteiger partial charge is 0.325 e. The zero-order valence-corrected chi connectivity index (χ0v) is 14.9. The van der Waals surface area contributed by atoms with Gasteiger partial charge < -0.3 is 14.8 Å². The Hall–Kier alpha value is -0.650. The van der Waals surface area contributed by atoms with Crippen molar-refractivity contribution in [3.8, 4) is 0 Å². The summed E-state index contributed by atoms with van der Waals surface area (Å²) in [6.45, 7) is 12.9. The first-order chi connectivity index (χ1) is 9.86. The SMILES string of the molecule is CCCNC(C)(CC(C)N(CC)C(C)COC)C(=O)OC. The summed E-state index contributed by atoms with van der Waals surface area (Å²) in [6, 6.07) is 0.580. The Labute approximate surface area is 130 Å². The Morgan fingerprint density at radius 2 is 1.86 bits per heavy atom. The average molecular weight is 302 g/mol. The minimum absolute atomic E-state index is 0.196. The molecule has 0 aliphatic heterocycles. The summed E-state index contributed by atoms with van der Waals surface area (Å²) in [6.07, 6.45) is 1.69. The maximum atomic E-state index is 12.2. The molecule has 0 aliphatic carbocycles. The molecule has 0 aromatic heterocycles. The highest BCUT2D eigenvalue weighted by Gasteiger charge is 2.37. The Bertz CT molecular complexity index is 299. The van der Waals surface area contributed by atoms with Gasteiger partial charge in [0.25, 0.3) is 0 Å². The van der Waals surface area contributed by atoms with Crippen molar-refractivity contribution in [2.45, 2.75) is 65.1 Å². The van der Waals surface area contributed by atoms with Gasteiger partial charge in [-0.2, -0.15) is 0 Å². The average Bonchev–Trinajstić information content (AvgIpc) is 2.45. The van der Waals surface area contributed by atoms with E-state index < -0.39 is 5.54 Å². The van der Waals surface area contributed by atoms with Crippen LogP contribution in [0.2, 0.25) is 0 Å². The van der Waals surface area contributed by atoms with Crippen molar-refractivity contribution in [2.24, 2.45) is 0 Å². The fourth-order valence-corrected chi connectivity index (χ4v) is 2.96. The number of rotatable bonds is 11. The molecule has 0 bridgehead atoms. The van der Waals surface area contributed by atoms with Gasteiger partial charge in [-0.25, -0.2) is 0 Å². The van der Waals surface area contributed by atoms with E-state index in [9.17, 15) is 4.79 Å². The molecule has 3 atom stereocenters. The summed E-state index contributed by atoms with van der Waals surface area (Å²) >= 11 is 0. The van der Waals surface area contributed by atoms with Crippen LogP contribution in [0, 0.1) is 0 Å². The topological polar surface area (TPSA) is 50.8 Å². The number of hydrogen-bond donors (Lipinski definition) is 1.